The lowest BCUT2D eigenvalue weighted by atomic mass is 10.1. The van der Waals surface area contributed by atoms with Gasteiger partial charge < -0.3 is 15.2 Å². The van der Waals surface area contributed by atoms with Crippen molar-refractivity contribution in [3.8, 4) is 5.75 Å². The van der Waals surface area contributed by atoms with E-state index in [-0.39, 0.29) is 16.8 Å². The normalized spacial score (nSPS) is 10.4. The van der Waals surface area contributed by atoms with Crippen molar-refractivity contribution in [2.75, 3.05) is 0 Å². The first-order chi connectivity index (χ1) is 7.09. The number of nitrogens with one attached hydrogen (secondary N) is 1. The Bertz CT molecular complexity index is 600. The molecule has 5 nitrogen and oxygen atoms in total. The van der Waals surface area contributed by atoms with Crippen LogP contribution in [0.25, 0.3) is 10.9 Å². The minimum atomic E-state index is -1.29. The van der Waals surface area contributed by atoms with Crippen molar-refractivity contribution in [2.45, 2.75) is 0 Å². The van der Waals surface area contributed by atoms with Gasteiger partial charge in [-0.15, -0.1) is 0 Å². The van der Waals surface area contributed by atoms with Crippen molar-refractivity contribution in [3.05, 3.63) is 40.2 Å². The van der Waals surface area contributed by atoms with E-state index in [1.165, 1.54) is 12.1 Å². The standard InChI is InChI=1S/C10H7NO4/c12-7-3-1-2-5-4-6(10(14)15)9(13)11-8(5)7/h1-4,12H,(H,11,13)(H,14,15). The molecule has 5 heteroatoms. The highest BCUT2D eigenvalue weighted by Gasteiger charge is 2.10. The fourth-order valence-corrected chi connectivity index (χ4v) is 1.37. The summed E-state index contributed by atoms with van der Waals surface area (Å²) in [6.45, 7) is 0. The smallest absolute Gasteiger partial charge is 0.341 e. The molecule has 2 rings (SSSR count). The molecule has 0 radical (unpaired) electrons. The summed E-state index contributed by atoms with van der Waals surface area (Å²) in [6, 6.07) is 5.83. The van der Waals surface area contributed by atoms with E-state index in [4.69, 9.17) is 5.11 Å². The SMILES string of the molecule is O=C(O)c1cc2cccc(O)c2[nH]c1=O. The molecule has 1 aromatic carbocycles. The molecule has 0 fully saturated rings. The number of hydrogen-bond acceptors (Lipinski definition) is 3. The summed E-state index contributed by atoms with van der Waals surface area (Å²) in [7, 11) is 0. The van der Waals surface area contributed by atoms with E-state index >= 15 is 0 Å². The molecule has 1 heterocycles. The summed E-state index contributed by atoms with van der Waals surface area (Å²) in [5, 5.41) is 18.6. The number of pyridine rings is 1. The number of carboxylic acid groups (broad SMARTS) is 1. The summed E-state index contributed by atoms with van der Waals surface area (Å²) in [4.78, 5) is 24.3. The fraction of sp³-hybridized carbons (Fsp3) is 0. The van der Waals surface area contributed by atoms with E-state index in [1.54, 1.807) is 12.1 Å². The monoisotopic (exact) mass is 205 g/mol. The number of fused-ring (bicyclic) bond motifs is 1. The van der Waals surface area contributed by atoms with E-state index < -0.39 is 11.5 Å². The van der Waals surface area contributed by atoms with Crippen LogP contribution in [0, 0.1) is 0 Å². The fourth-order valence-electron chi connectivity index (χ4n) is 1.37. The lowest BCUT2D eigenvalue weighted by Crippen LogP contribution is -2.16. The number of phenols is 1. The first kappa shape index (κ1) is 9.26. The number of benzene rings is 1. The Balaban J connectivity index is 2.88. The van der Waals surface area contributed by atoms with Gasteiger partial charge in [0.15, 0.2) is 0 Å². The quantitative estimate of drug-likeness (QED) is 0.646. The van der Waals surface area contributed by atoms with Crippen LogP contribution in [0.15, 0.2) is 29.1 Å². The molecule has 0 aliphatic heterocycles. The third-order valence-electron chi connectivity index (χ3n) is 2.09. The van der Waals surface area contributed by atoms with Crippen LogP contribution in [-0.4, -0.2) is 21.2 Å². The number of H-pyrrole nitrogens is 1. The highest BCUT2D eigenvalue weighted by atomic mass is 16.4. The van der Waals surface area contributed by atoms with Crippen molar-refractivity contribution in [3.63, 3.8) is 0 Å². The summed E-state index contributed by atoms with van der Waals surface area (Å²) in [5.41, 5.74) is -0.822. The van der Waals surface area contributed by atoms with Crippen LogP contribution in [0.1, 0.15) is 10.4 Å². The molecule has 0 aliphatic rings. The van der Waals surface area contributed by atoms with Crippen molar-refractivity contribution >= 4 is 16.9 Å². The van der Waals surface area contributed by atoms with Crippen LogP contribution in [0.5, 0.6) is 5.75 Å². The maximum absolute atomic E-state index is 11.3. The third kappa shape index (κ3) is 1.43. The van der Waals surface area contributed by atoms with Crippen LogP contribution in [0.2, 0.25) is 0 Å². The van der Waals surface area contributed by atoms with E-state index in [2.05, 4.69) is 4.98 Å². The number of aromatic carboxylic acids is 1. The molecule has 0 amide bonds. The number of aromatic hydroxyl groups is 1. The van der Waals surface area contributed by atoms with Crippen LogP contribution >= 0.6 is 0 Å². The van der Waals surface area contributed by atoms with Crippen LogP contribution in [0.3, 0.4) is 0 Å². The zero-order valence-electron chi connectivity index (χ0n) is 7.52. The van der Waals surface area contributed by atoms with Gasteiger partial charge in [-0.2, -0.15) is 0 Å². The van der Waals surface area contributed by atoms with Gasteiger partial charge in [-0.05, 0) is 12.1 Å². The van der Waals surface area contributed by atoms with Gasteiger partial charge in [0.2, 0.25) is 0 Å². The topological polar surface area (TPSA) is 90.4 Å². The van der Waals surface area contributed by atoms with Crippen molar-refractivity contribution < 1.29 is 15.0 Å². The van der Waals surface area contributed by atoms with E-state index in [9.17, 15) is 14.7 Å². The molecule has 1 aromatic heterocycles. The van der Waals surface area contributed by atoms with Gasteiger partial charge in [0.05, 0.1) is 5.52 Å². The molecule has 76 valence electrons. The van der Waals surface area contributed by atoms with Crippen molar-refractivity contribution in [2.24, 2.45) is 0 Å². The second kappa shape index (κ2) is 3.13. The number of carbonyl (C=O) groups is 1. The largest absolute Gasteiger partial charge is 0.506 e. The predicted molar refractivity (Wildman–Crippen MR) is 53.2 cm³/mol. The highest BCUT2D eigenvalue weighted by Crippen LogP contribution is 2.20. The molecule has 3 N–H and O–H groups in total. The Labute approximate surface area is 83.6 Å². The van der Waals surface area contributed by atoms with Crippen LogP contribution in [-0.2, 0) is 0 Å². The molecule has 0 saturated carbocycles. The van der Waals surface area contributed by atoms with Gasteiger partial charge in [-0.25, -0.2) is 4.79 Å². The minimum absolute atomic E-state index is 0.0819. The minimum Gasteiger partial charge on any atom is -0.506 e. The molecule has 2 aromatic rings. The van der Waals surface area contributed by atoms with E-state index in [0.29, 0.717) is 5.39 Å². The first-order valence-corrected chi connectivity index (χ1v) is 4.18. The molecule has 15 heavy (non-hydrogen) atoms. The average molecular weight is 205 g/mol. The maximum atomic E-state index is 11.3. The molecular weight excluding hydrogens is 198 g/mol. The summed E-state index contributed by atoms with van der Waals surface area (Å²) >= 11 is 0. The Kier molecular flexibility index (Phi) is 1.93. The maximum Gasteiger partial charge on any atom is 0.341 e. The van der Waals surface area contributed by atoms with Gasteiger partial charge in [0.1, 0.15) is 11.3 Å². The molecule has 0 atom stereocenters. The average Bonchev–Trinajstić information content (AvgIpc) is 2.18. The van der Waals surface area contributed by atoms with Crippen molar-refractivity contribution in [1.82, 2.24) is 4.98 Å². The Morgan fingerprint density at radius 3 is 2.73 bits per heavy atom. The van der Waals surface area contributed by atoms with Gasteiger partial charge in [0, 0.05) is 5.39 Å². The molecule has 0 bridgehead atoms. The second-order valence-electron chi connectivity index (χ2n) is 3.06. The highest BCUT2D eigenvalue weighted by molar-refractivity contribution is 5.93. The molecule has 0 unspecified atom stereocenters. The lowest BCUT2D eigenvalue weighted by molar-refractivity contribution is 0.0695. The number of aromatic amines is 1. The summed E-state index contributed by atoms with van der Waals surface area (Å²) in [5.74, 6) is -1.37. The summed E-state index contributed by atoms with van der Waals surface area (Å²) in [6.07, 6.45) is 0. The number of aromatic nitrogens is 1. The first-order valence-electron chi connectivity index (χ1n) is 4.18. The number of carboxylic acids is 1. The van der Waals surface area contributed by atoms with Gasteiger partial charge >= 0.3 is 5.97 Å². The zero-order valence-corrected chi connectivity index (χ0v) is 7.52. The Morgan fingerprint density at radius 2 is 2.07 bits per heavy atom. The zero-order chi connectivity index (χ0) is 11.0. The Hall–Kier alpha value is -2.30. The lowest BCUT2D eigenvalue weighted by Gasteiger charge is -2.01. The third-order valence-corrected chi connectivity index (χ3v) is 2.09. The number of rotatable bonds is 1. The molecule has 0 spiro atoms. The second-order valence-corrected chi connectivity index (χ2v) is 3.06. The van der Waals surface area contributed by atoms with Crippen LogP contribution < -0.4 is 5.56 Å². The predicted octanol–water partition coefficient (Wildman–Crippen LogP) is 0.932. The number of phenolic OH excluding ortho intramolecular Hbond substituents is 1. The number of para-hydroxylation sites is 1. The van der Waals surface area contributed by atoms with Crippen molar-refractivity contribution in [1.29, 1.82) is 0 Å². The van der Waals surface area contributed by atoms with Crippen LogP contribution in [0.4, 0.5) is 0 Å². The molecule has 0 aliphatic carbocycles. The molecular formula is C10H7NO4. The summed E-state index contributed by atoms with van der Waals surface area (Å²) < 4.78 is 0. The molecule has 0 saturated heterocycles. The van der Waals surface area contributed by atoms with Gasteiger partial charge in [-0.1, -0.05) is 12.1 Å². The Morgan fingerprint density at radius 1 is 1.33 bits per heavy atom. The number of hydrogen-bond donors (Lipinski definition) is 3. The van der Waals surface area contributed by atoms with Gasteiger partial charge in [0.25, 0.3) is 5.56 Å². The van der Waals surface area contributed by atoms with Gasteiger partial charge in [-0.3, -0.25) is 4.79 Å². The van der Waals surface area contributed by atoms with E-state index in [1.807, 2.05) is 0 Å². The van der Waals surface area contributed by atoms with E-state index in [0.717, 1.165) is 0 Å².